The molecule has 4 saturated carbocycles. The SMILES string of the molecule is C[C@]12CC[C@H](O)C[C@H]1CC[C@@H]1[C@@H]2CC[C@@]2(C)[C@H]1CC[C@]2(O)C#Cc1ccccc1. The molecule has 2 nitrogen and oxygen atoms in total. The zero-order valence-electron chi connectivity index (χ0n) is 18.0. The number of hydrogen-bond acceptors (Lipinski definition) is 2. The predicted molar refractivity (Wildman–Crippen MR) is 116 cm³/mol. The Balaban J connectivity index is 1.42. The highest BCUT2D eigenvalue weighted by Crippen LogP contribution is 2.68. The molecular weight excluding hydrogens is 356 g/mol. The maximum absolute atomic E-state index is 11.7. The molecule has 0 aromatic heterocycles. The molecular formula is C27H36O2. The summed E-state index contributed by atoms with van der Waals surface area (Å²) in [5.41, 5.74) is 0.433. The van der Waals surface area contributed by atoms with Gasteiger partial charge in [-0.3, -0.25) is 0 Å². The summed E-state index contributed by atoms with van der Waals surface area (Å²) in [4.78, 5) is 0. The molecule has 0 heterocycles. The molecule has 0 unspecified atom stereocenters. The van der Waals surface area contributed by atoms with Crippen molar-refractivity contribution in [2.75, 3.05) is 0 Å². The van der Waals surface area contributed by atoms with Crippen LogP contribution in [0.4, 0.5) is 0 Å². The van der Waals surface area contributed by atoms with Gasteiger partial charge in [-0.2, -0.15) is 0 Å². The summed E-state index contributed by atoms with van der Waals surface area (Å²) in [7, 11) is 0. The van der Waals surface area contributed by atoms with E-state index in [2.05, 4.69) is 25.7 Å². The molecule has 8 atom stereocenters. The third kappa shape index (κ3) is 2.92. The largest absolute Gasteiger partial charge is 0.393 e. The lowest BCUT2D eigenvalue weighted by molar-refractivity contribution is -0.144. The molecule has 0 radical (unpaired) electrons. The van der Waals surface area contributed by atoms with Gasteiger partial charge in [0.25, 0.3) is 0 Å². The second-order valence-electron chi connectivity index (χ2n) is 11.1. The van der Waals surface area contributed by atoms with Crippen molar-refractivity contribution < 1.29 is 10.2 Å². The number of fused-ring (bicyclic) bond motifs is 5. The summed E-state index contributed by atoms with van der Waals surface area (Å²) >= 11 is 0. The molecule has 156 valence electrons. The molecule has 2 heteroatoms. The van der Waals surface area contributed by atoms with Crippen LogP contribution in [0.2, 0.25) is 0 Å². The third-order valence-corrected chi connectivity index (χ3v) is 9.98. The van der Waals surface area contributed by atoms with Crippen LogP contribution in [0.25, 0.3) is 0 Å². The minimum Gasteiger partial charge on any atom is -0.393 e. The summed E-state index contributed by atoms with van der Waals surface area (Å²) < 4.78 is 0. The van der Waals surface area contributed by atoms with Crippen molar-refractivity contribution in [3.05, 3.63) is 35.9 Å². The molecule has 0 amide bonds. The maximum atomic E-state index is 11.7. The lowest BCUT2D eigenvalue weighted by Gasteiger charge is -2.61. The van der Waals surface area contributed by atoms with E-state index in [4.69, 9.17) is 0 Å². The summed E-state index contributed by atoms with van der Waals surface area (Å²) in [6.45, 7) is 4.86. The zero-order valence-corrected chi connectivity index (χ0v) is 18.0. The van der Waals surface area contributed by atoms with Crippen molar-refractivity contribution in [1.29, 1.82) is 0 Å². The van der Waals surface area contributed by atoms with Gasteiger partial charge in [0.05, 0.1) is 6.10 Å². The minimum absolute atomic E-state index is 0.0803. The smallest absolute Gasteiger partial charge is 0.131 e. The Bertz CT molecular complexity index is 822. The molecule has 0 aliphatic heterocycles. The van der Waals surface area contributed by atoms with E-state index < -0.39 is 5.60 Å². The Hall–Kier alpha value is -1.30. The van der Waals surface area contributed by atoms with Gasteiger partial charge in [0, 0.05) is 11.0 Å². The van der Waals surface area contributed by atoms with Gasteiger partial charge in [-0.15, -0.1) is 0 Å². The Labute approximate surface area is 176 Å². The first-order valence-electron chi connectivity index (χ1n) is 11.8. The van der Waals surface area contributed by atoms with Crippen LogP contribution >= 0.6 is 0 Å². The predicted octanol–water partition coefficient (Wildman–Crippen LogP) is 5.17. The fraction of sp³-hybridized carbons (Fsp3) is 0.704. The van der Waals surface area contributed by atoms with E-state index in [9.17, 15) is 10.2 Å². The topological polar surface area (TPSA) is 40.5 Å². The molecule has 1 aromatic carbocycles. The molecule has 2 N–H and O–H groups in total. The summed E-state index contributed by atoms with van der Waals surface area (Å²) in [6, 6.07) is 10.1. The van der Waals surface area contributed by atoms with Crippen LogP contribution in [0.15, 0.2) is 30.3 Å². The molecule has 1 aromatic rings. The highest BCUT2D eigenvalue weighted by molar-refractivity contribution is 5.38. The van der Waals surface area contributed by atoms with Crippen molar-refractivity contribution in [2.45, 2.75) is 83.3 Å². The fourth-order valence-corrected chi connectivity index (χ4v) is 8.15. The summed E-state index contributed by atoms with van der Waals surface area (Å²) in [5.74, 6) is 9.40. The van der Waals surface area contributed by atoms with E-state index in [-0.39, 0.29) is 11.5 Å². The Morgan fingerprint density at radius 1 is 0.897 bits per heavy atom. The van der Waals surface area contributed by atoms with Crippen molar-refractivity contribution >= 4 is 0 Å². The van der Waals surface area contributed by atoms with Crippen LogP contribution in [0.3, 0.4) is 0 Å². The highest BCUT2D eigenvalue weighted by Gasteiger charge is 2.64. The second-order valence-corrected chi connectivity index (χ2v) is 11.1. The maximum Gasteiger partial charge on any atom is 0.131 e. The summed E-state index contributed by atoms with van der Waals surface area (Å²) in [6.07, 6.45) is 9.86. The molecule has 29 heavy (non-hydrogen) atoms. The molecule has 0 bridgehead atoms. The minimum atomic E-state index is -0.862. The molecule has 4 fully saturated rings. The summed E-state index contributed by atoms with van der Waals surface area (Å²) in [5, 5.41) is 21.9. The monoisotopic (exact) mass is 392 g/mol. The molecule has 0 spiro atoms. The number of aliphatic hydroxyl groups excluding tert-OH is 1. The molecule has 0 saturated heterocycles. The first kappa shape index (κ1) is 19.7. The quantitative estimate of drug-likeness (QED) is 0.598. The second kappa shape index (κ2) is 6.86. The normalized spacial score (nSPS) is 48.6. The van der Waals surface area contributed by atoms with Crippen molar-refractivity contribution in [1.82, 2.24) is 0 Å². The van der Waals surface area contributed by atoms with Crippen LogP contribution in [0.1, 0.15) is 77.2 Å². The van der Waals surface area contributed by atoms with E-state index in [1.165, 1.54) is 25.7 Å². The third-order valence-electron chi connectivity index (χ3n) is 9.98. The van der Waals surface area contributed by atoms with Gasteiger partial charge >= 0.3 is 0 Å². The fourth-order valence-electron chi connectivity index (χ4n) is 8.15. The number of benzene rings is 1. The number of rotatable bonds is 0. The van der Waals surface area contributed by atoms with Gasteiger partial charge in [0.1, 0.15) is 5.60 Å². The van der Waals surface area contributed by atoms with E-state index in [1.54, 1.807) is 0 Å². The van der Waals surface area contributed by atoms with Gasteiger partial charge in [0.15, 0.2) is 0 Å². The average Bonchev–Trinajstić information content (AvgIpc) is 2.99. The number of aliphatic hydroxyl groups is 2. The highest BCUT2D eigenvalue weighted by atomic mass is 16.3. The number of hydrogen-bond donors (Lipinski definition) is 2. The van der Waals surface area contributed by atoms with E-state index in [1.807, 2.05) is 30.3 Å². The van der Waals surface area contributed by atoms with Crippen molar-refractivity contribution in [2.24, 2.45) is 34.5 Å². The Kier molecular flexibility index (Phi) is 4.65. The van der Waals surface area contributed by atoms with Crippen molar-refractivity contribution in [3.8, 4) is 11.8 Å². The van der Waals surface area contributed by atoms with E-state index >= 15 is 0 Å². The van der Waals surface area contributed by atoms with Crippen LogP contribution in [0, 0.1) is 46.3 Å². The van der Waals surface area contributed by atoms with Gasteiger partial charge < -0.3 is 10.2 Å². The van der Waals surface area contributed by atoms with Crippen molar-refractivity contribution in [3.63, 3.8) is 0 Å². The van der Waals surface area contributed by atoms with E-state index in [0.717, 1.165) is 49.5 Å². The zero-order chi connectivity index (χ0) is 20.3. The lowest BCUT2D eigenvalue weighted by atomic mass is 9.44. The van der Waals surface area contributed by atoms with Gasteiger partial charge in [-0.25, -0.2) is 0 Å². The van der Waals surface area contributed by atoms with Gasteiger partial charge in [0.2, 0.25) is 0 Å². The van der Waals surface area contributed by atoms with Gasteiger partial charge in [-0.05, 0) is 99.0 Å². The van der Waals surface area contributed by atoms with Crippen LogP contribution in [0.5, 0.6) is 0 Å². The van der Waals surface area contributed by atoms with Crippen LogP contribution in [-0.4, -0.2) is 21.9 Å². The lowest BCUT2D eigenvalue weighted by Crippen LogP contribution is -2.56. The van der Waals surface area contributed by atoms with Gasteiger partial charge in [-0.1, -0.05) is 43.9 Å². The first-order valence-corrected chi connectivity index (χ1v) is 11.8. The first-order chi connectivity index (χ1) is 13.9. The molecule has 4 aliphatic rings. The van der Waals surface area contributed by atoms with Crippen LogP contribution in [-0.2, 0) is 0 Å². The molecule has 5 rings (SSSR count). The van der Waals surface area contributed by atoms with Crippen LogP contribution < -0.4 is 0 Å². The molecule has 4 aliphatic carbocycles. The van der Waals surface area contributed by atoms with E-state index in [0.29, 0.717) is 17.3 Å². The Morgan fingerprint density at radius 3 is 2.45 bits per heavy atom. The average molecular weight is 393 g/mol. The standard InChI is InChI=1S/C27H36O2/c1-25-14-11-21(28)18-20(25)8-9-22-23(25)12-15-26(2)24(22)13-17-27(26,29)16-10-19-6-4-3-5-7-19/h3-7,20-24,28-29H,8-9,11-15,17-18H2,1-2H3/t20-,21+,22-,23+,24+,25+,26+,27-/m1/s1. The Morgan fingerprint density at radius 2 is 1.66 bits per heavy atom.